The molecule has 0 aliphatic heterocycles. The van der Waals surface area contributed by atoms with Crippen LogP contribution in [0.4, 0.5) is 4.39 Å². The van der Waals surface area contributed by atoms with Gasteiger partial charge in [-0.3, -0.25) is 4.79 Å². The molecule has 0 fully saturated rings. The predicted molar refractivity (Wildman–Crippen MR) is 64.3 cm³/mol. The highest BCUT2D eigenvalue weighted by atomic mass is 19.1. The Morgan fingerprint density at radius 2 is 2.12 bits per heavy atom. The maximum Gasteiger partial charge on any atom is 0.254 e. The molecule has 0 saturated heterocycles. The molecule has 2 N–H and O–H groups in total. The zero-order valence-corrected chi connectivity index (χ0v) is 10.3. The minimum atomic E-state index is -0.618. The maximum atomic E-state index is 13.5. The van der Waals surface area contributed by atoms with Gasteiger partial charge in [-0.05, 0) is 30.5 Å². The summed E-state index contributed by atoms with van der Waals surface area (Å²) >= 11 is 0. The van der Waals surface area contributed by atoms with Crippen molar-refractivity contribution in [1.82, 2.24) is 5.32 Å². The molecule has 1 atom stereocenters. The Hall–Kier alpha value is -1.42. The highest BCUT2D eigenvalue weighted by Crippen LogP contribution is 2.09. The molecule has 0 spiro atoms. The topological polar surface area (TPSA) is 49.3 Å². The molecular formula is C13H18FNO2. The number of amides is 1. The van der Waals surface area contributed by atoms with Crippen molar-refractivity contribution in [2.45, 2.75) is 26.9 Å². The van der Waals surface area contributed by atoms with Gasteiger partial charge in [0.15, 0.2) is 0 Å². The molecule has 0 radical (unpaired) electrons. The van der Waals surface area contributed by atoms with Gasteiger partial charge < -0.3 is 10.4 Å². The summed E-state index contributed by atoms with van der Waals surface area (Å²) < 4.78 is 13.5. The van der Waals surface area contributed by atoms with Gasteiger partial charge >= 0.3 is 0 Å². The molecule has 1 unspecified atom stereocenters. The van der Waals surface area contributed by atoms with E-state index in [1.165, 1.54) is 12.1 Å². The Morgan fingerprint density at radius 1 is 1.47 bits per heavy atom. The molecule has 1 rings (SSSR count). The van der Waals surface area contributed by atoms with Crippen LogP contribution in [0.1, 0.15) is 29.8 Å². The average molecular weight is 239 g/mol. The Labute approximate surface area is 101 Å². The lowest BCUT2D eigenvalue weighted by atomic mass is 10.1. The first-order valence-corrected chi connectivity index (χ1v) is 5.64. The molecule has 17 heavy (non-hydrogen) atoms. The second-order valence-corrected chi connectivity index (χ2v) is 4.50. The van der Waals surface area contributed by atoms with E-state index in [1.54, 1.807) is 13.0 Å². The molecule has 0 bridgehead atoms. The third-order valence-corrected chi connectivity index (χ3v) is 2.61. The number of hydrogen-bond donors (Lipinski definition) is 2. The number of aliphatic hydroxyl groups excluding tert-OH is 1. The molecule has 4 heteroatoms. The third-order valence-electron chi connectivity index (χ3n) is 2.61. The molecule has 0 saturated carbocycles. The second-order valence-electron chi connectivity index (χ2n) is 4.50. The molecule has 0 heterocycles. The van der Waals surface area contributed by atoms with Crippen LogP contribution in [-0.4, -0.2) is 23.7 Å². The van der Waals surface area contributed by atoms with Crippen molar-refractivity contribution in [1.29, 1.82) is 0 Å². The number of halogens is 1. The first kappa shape index (κ1) is 13.6. The van der Waals surface area contributed by atoms with Gasteiger partial charge in [0, 0.05) is 6.54 Å². The standard InChI is InChI=1S/C13H18FNO2/c1-8(2)12(16)7-15-13(17)10-5-4-9(3)6-11(10)14/h4-6,8,12,16H,7H2,1-3H3,(H,15,17). The van der Waals surface area contributed by atoms with Crippen molar-refractivity contribution >= 4 is 5.91 Å². The minimum absolute atomic E-state index is 0.00607. The van der Waals surface area contributed by atoms with Gasteiger partial charge in [-0.1, -0.05) is 19.9 Å². The monoisotopic (exact) mass is 239 g/mol. The number of carbonyl (C=O) groups excluding carboxylic acids is 1. The second kappa shape index (κ2) is 5.77. The first-order chi connectivity index (χ1) is 7.91. The fourth-order valence-electron chi connectivity index (χ4n) is 1.33. The smallest absolute Gasteiger partial charge is 0.254 e. The highest BCUT2D eigenvalue weighted by Gasteiger charge is 2.14. The fraction of sp³-hybridized carbons (Fsp3) is 0.462. The quantitative estimate of drug-likeness (QED) is 0.842. The van der Waals surface area contributed by atoms with E-state index in [1.807, 2.05) is 13.8 Å². The van der Waals surface area contributed by atoms with E-state index < -0.39 is 17.8 Å². The summed E-state index contributed by atoms with van der Waals surface area (Å²) in [7, 11) is 0. The van der Waals surface area contributed by atoms with E-state index in [0.717, 1.165) is 5.56 Å². The van der Waals surface area contributed by atoms with Gasteiger partial charge in [-0.2, -0.15) is 0 Å². The van der Waals surface area contributed by atoms with E-state index in [4.69, 9.17) is 0 Å². The largest absolute Gasteiger partial charge is 0.391 e. The number of nitrogens with one attached hydrogen (secondary N) is 1. The Morgan fingerprint density at radius 3 is 2.65 bits per heavy atom. The van der Waals surface area contributed by atoms with E-state index in [-0.39, 0.29) is 18.0 Å². The number of hydrogen-bond acceptors (Lipinski definition) is 2. The van der Waals surface area contributed by atoms with E-state index in [2.05, 4.69) is 5.32 Å². The summed E-state index contributed by atoms with van der Waals surface area (Å²) in [4.78, 5) is 11.6. The van der Waals surface area contributed by atoms with Crippen molar-refractivity contribution in [3.63, 3.8) is 0 Å². The normalized spacial score (nSPS) is 12.6. The molecule has 0 aromatic heterocycles. The summed E-state index contributed by atoms with van der Waals surface area (Å²) in [6.07, 6.45) is -0.618. The predicted octanol–water partition coefficient (Wildman–Crippen LogP) is 1.88. The molecular weight excluding hydrogens is 221 g/mol. The van der Waals surface area contributed by atoms with Crippen LogP contribution in [-0.2, 0) is 0 Å². The minimum Gasteiger partial charge on any atom is -0.391 e. The number of rotatable bonds is 4. The lowest BCUT2D eigenvalue weighted by Crippen LogP contribution is -2.35. The Kier molecular flexibility index (Phi) is 4.63. The lowest BCUT2D eigenvalue weighted by molar-refractivity contribution is 0.0868. The maximum absolute atomic E-state index is 13.5. The van der Waals surface area contributed by atoms with Crippen molar-refractivity contribution < 1.29 is 14.3 Å². The molecule has 0 aliphatic rings. The van der Waals surface area contributed by atoms with Gasteiger partial charge in [0.2, 0.25) is 0 Å². The van der Waals surface area contributed by atoms with Gasteiger partial charge in [-0.15, -0.1) is 0 Å². The highest BCUT2D eigenvalue weighted by molar-refractivity contribution is 5.94. The van der Waals surface area contributed by atoms with E-state index in [0.29, 0.717) is 0 Å². The number of aryl methyl sites for hydroxylation is 1. The number of aliphatic hydroxyl groups is 1. The van der Waals surface area contributed by atoms with Crippen LogP contribution in [0.5, 0.6) is 0 Å². The zero-order valence-electron chi connectivity index (χ0n) is 10.3. The summed E-state index contributed by atoms with van der Waals surface area (Å²) in [5.41, 5.74) is 0.771. The fourth-order valence-corrected chi connectivity index (χ4v) is 1.33. The van der Waals surface area contributed by atoms with Gasteiger partial charge in [0.05, 0.1) is 11.7 Å². The first-order valence-electron chi connectivity index (χ1n) is 5.64. The van der Waals surface area contributed by atoms with Crippen LogP contribution in [0.25, 0.3) is 0 Å². The third kappa shape index (κ3) is 3.82. The summed E-state index contributed by atoms with van der Waals surface area (Å²) in [6, 6.07) is 4.44. The summed E-state index contributed by atoms with van der Waals surface area (Å²) in [6.45, 7) is 5.59. The van der Waals surface area contributed by atoms with Crippen LogP contribution < -0.4 is 5.32 Å². The Balaban J connectivity index is 2.64. The van der Waals surface area contributed by atoms with Crippen molar-refractivity contribution in [3.8, 4) is 0 Å². The molecule has 1 aromatic rings. The zero-order chi connectivity index (χ0) is 13.0. The SMILES string of the molecule is Cc1ccc(C(=O)NCC(O)C(C)C)c(F)c1. The van der Waals surface area contributed by atoms with Crippen LogP contribution in [0.2, 0.25) is 0 Å². The lowest BCUT2D eigenvalue weighted by Gasteiger charge is -2.15. The van der Waals surface area contributed by atoms with Crippen LogP contribution >= 0.6 is 0 Å². The number of benzene rings is 1. The average Bonchev–Trinajstić information content (AvgIpc) is 2.25. The van der Waals surface area contributed by atoms with Crippen LogP contribution in [0, 0.1) is 18.7 Å². The summed E-state index contributed by atoms with van der Waals surface area (Å²) in [5, 5.41) is 12.0. The molecule has 1 aromatic carbocycles. The van der Waals surface area contributed by atoms with Crippen molar-refractivity contribution in [3.05, 3.63) is 35.1 Å². The van der Waals surface area contributed by atoms with Crippen LogP contribution in [0.15, 0.2) is 18.2 Å². The van der Waals surface area contributed by atoms with Crippen molar-refractivity contribution in [2.24, 2.45) is 5.92 Å². The molecule has 1 amide bonds. The van der Waals surface area contributed by atoms with Crippen molar-refractivity contribution in [2.75, 3.05) is 6.54 Å². The molecule has 3 nitrogen and oxygen atoms in total. The molecule has 0 aliphatic carbocycles. The van der Waals surface area contributed by atoms with Gasteiger partial charge in [0.25, 0.3) is 5.91 Å². The number of carbonyl (C=O) groups is 1. The summed E-state index contributed by atoms with van der Waals surface area (Å²) in [5.74, 6) is -0.984. The van der Waals surface area contributed by atoms with E-state index >= 15 is 0 Å². The van der Waals surface area contributed by atoms with Gasteiger partial charge in [0.1, 0.15) is 5.82 Å². The Bertz CT molecular complexity index is 404. The molecule has 94 valence electrons. The van der Waals surface area contributed by atoms with Gasteiger partial charge in [-0.25, -0.2) is 4.39 Å². The van der Waals surface area contributed by atoms with Crippen LogP contribution in [0.3, 0.4) is 0 Å². The van der Waals surface area contributed by atoms with E-state index in [9.17, 15) is 14.3 Å².